The van der Waals surface area contributed by atoms with Crippen LogP contribution >= 0.6 is 11.3 Å². The maximum absolute atomic E-state index is 12.3. The Kier molecular flexibility index (Phi) is 4.29. The predicted molar refractivity (Wildman–Crippen MR) is 66.0 cm³/mol. The summed E-state index contributed by atoms with van der Waals surface area (Å²) < 4.78 is 25.8. The maximum atomic E-state index is 12.3. The molecular weight excluding hydrogens is 262 g/mol. The summed E-state index contributed by atoms with van der Waals surface area (Å²) in [6.07, 6.45) is 0. The summed E-state index contributed by atoms with van der Waals surface area (Å²) >= 11 is 0.919. The molecule has 1 N–H and O–H groups in total. The maximum Gasteiger partial charge on any atom is 0.347 e. The second-order valence-corrected chi connectivity index (χ2v) is 6.50. The summed E-state index contributed by atoms with van der Waals surface area (Å²) in [6, 6.07) is 1.14. The fourth-order valence-electron chi connectivity index (χ4n) is 1.60. The Morgan fingerprint density at radius 3 is 2.53 bits per heavy atom. The summed E-state index contributed by atoms with van der Waals surface area (Å²) in [5, 5.41) is 10.4. The Balaban J connectivity index is 3.30. The number of carbonyl (C=O) groups is 1. The van der Waals surface area contributed by atoms with E-state index in [1.807, 2.05) is 0 Å². The van der Waals surface area contributed by atoms with Gasteiger partial charge in [0.2, 0.25) is 10.0 Å². The van der Waals surface area contributed by atoms with Crippen molar-refractivity contribution in [2.24, 2.45) is 0 Å². The molecule has 5 nitrogen and oxygen atoms in total. The zero-order valence-corrected chi connectivity index (χ0v) is 11.5. The van der Waals surface area contributed by atoms with Gasteiger partial charge in [0.15, 0.2) is 0 Å². The SMILES string of the molecule is CCN(C(C)C)S(=O)(=O)c1ccsc1C(=O)O. The molecule has 0 fully saturated rings. The van der Waals surface area contributed by atoms with Gasteiger partial charge in [0.05, 0.1) is 0 Å². The van der Waals surface area contributed by atoms with Crippen LogP contribution in [-0.4, -0.2) is 36.4 Å². The number of thiophene rings is 1. The molecule has 0 saturated heterocycles. The lowest BCUT2D eigenvalue weighted by Crippen LogP contribution is -2.37. The van der Waals surface area contributed by atoms with Gasteiger partial charge in [-0.1, -0.05) is 6.92 Å². The molecule has 0 saturated carbocycles. The van der Waals surface area contributed by atoms with Crippen molar-refractivity contribution in [2.45, 2.75) is 31.7 Å². The first-order chi connectivity index (χ1) is 7.82. The molecule has 0 atom stereocenters. The van der Waals surface area contributed by atoms with E-state index in [1.54, 1.807) is 20.8 Å². The van der Waals surface area contributed by atoms with Crippen LogP contribution in [0.5, 0.6) is 0 Å². The zero-order chi connectivity index (χ0) is 13.2. The van der Waals surface area contributed by atoms with Gasteiger partial charge in [-0.3, -0.25) is 0 Å². The van der Waals surface area contributed by atoms with E-state index in [-0.39, 0.29) is 15.8 Å². The molecule has 0 bridgehead atoms. The Morgan fingerprint density at radius 1 is 1.53 bits per heavy atom. The van der Waals surface area contributed by atoms with Crippen LogP contribution in [0.15, 0.2) is 16.3 Å². The number of carboxylic acid groups (broad SMARTS) is 1. The molecule has 0 aromatic carbocycles. The summed E-state index contributed by atoms with van der Waals surface area (Å²) in [6.45, 7) is 5.56. The van der Waals surface area contributed by atoms with Crippen molar-refractivity contribution in [3.05, 3.63) is 16.3 Å². The minimum atomic E-state index is -3.72. The number of carboxylic acids is 1. The van der Waals surface area contributed by atoms with Crippen LogP contribution in [0, 0.1) is 0 Å². The molecule has 1 heterocycles. The number of hydrogen-bond donors (Lipinski definition) is 1. The van der Waals surface area contributed by atoms with E-state index in [0.29, 0.717) is 6.54 Å². The van der Waals surface area contributed by atoms with Crippen molar-refractivity contribution in [1.82, 2.24) is 4.31 Å². The largest absolute Gasteiger partial charge is 0.477 e. The zero-order valence-electron chi connectivity index (χ0n) is 9.87. The Labute approximate surface area is 105 Å². The number of nitrogens with zero attached hydrogens (tertiary/aromatic N) is 1. The van der Waals surface area contributed by atoms with Crippen molar-refractivity contribution in [3.8, 4) is 0 Å². The second-order valence-electron chi connectivity index (χ2n) is 3.72. The van der Waals surface area contributed by atoms with E-state index in [0.717, 1.165) is 11.3 Å². The van der Waals surface area contributed by atoms with Crippen LogP contribution in [0.4, 0.5) is 0 Å². The van der Waals surface area contributed by atoms with Gasteiger partial charge >= 0.3 is 5.97 Å². The van der Waals surface area contributed by atoms with E-state index in [1.165, 1.54) is 15.8 Å². The summed E-state index contributed by atoms with van der Waals surface area (Å²) in [5.74, 6) is -1.21. The molecule has 96 valence electrons. The smallest absolute Gasteiger partial charge is 0.347 e. The fourth-order valence-corrected chi connectivity index (χ4v) is 4.48. The molecule has 0 spiro atoms. The molecule has 0 aliphatic carbocycles. The number of sulfonamides is 1. The monoisotopic (exact) mass is 277 g/mol. The highest BCUT2D eigenvalue weighted by Crippen LogP contribution is 2.26. The molecule has 0 unspecified atom stereocenters. The lowest BCUT2D eigenvalue weighted by Gasteiger charge is -2.24. The molecule has 1 rings (SSSR count). The van der Waals surface area contributed by atoms with Gasteiger partial charge in [0.1, 0.15) is 9.77 Å². The molecule has 7 heteroatoms. The average Bonchev–Trinajstić information content (AvgIpc) is 2.65. The van der Waals surface area contributed by atoms with Gasteiger partial charge in [0.25, 0.3) is 0 Å². The first kappa shape index (κ1) is 14.1. The minimum absolute atomic E-state index is 0.120. The second kappa shape index (κ2) is 5.16. The standard InChI is InChI=1S/C10H15NO4S2/c1-4-11(7(2)3)17(14,15)8-5-6-16-9(8)10(12)13/h5-7H,4H2,1-3H3,(H,12,13). The van der Waals surface area contributed by atoms with E-state index >= 15 is 0 Å². The van der Waals surface area contributed by atoms with Crippen LogP contribution < -0.4 is 0 Å². The van der Waals surface area contributed by atoms with Crippen LogP contribution in [0.25, 0.3) is 0 Å². The summed E-state index contributed by atoms with van der Waals surface area (Å²) in [7, 11) is -3.72. The van der Waals surface area contributed by atoms with E-state index in [4.69, 9.17) is 5.11 Å². The van der Waals surface area contributed by atoms with Gasteiger partial charge in [-0.15, -0.1) is 11.3 Å². The van der Waals surface area contributed by atoms with Gasteiger partial charge < -0.3 is 5.11 Å². The highest BCUT2D eigenvalue weighted by Gasteiger charge is 2.30. The van der Waals surface area contributed by atoms with E-state index < -0.39 is 16.0 Å². The summed E-state index contributed by atoms with van der Waals surface area (Å²) in [4.78, 5) is 10.7. The van der Waals surface area contributed by atoms with Crippen LogP contribution in [0.3, 0.4) is 0 Å². The van der Waals surface area contributed by atoms with E-state index in [9.17, 15) is 13.2 Å². The Hall–Kier alpha value is -0.920. The van der Waals surface area contributed by atoms with Crippen molar-refractivity contribution >= 4 is 27.3 Å². The molecule has 0 radical (unpaired) electrons. The highest BCUT2D eigenvalue weighted by molar-refractivity contribution is 7.89. The number of aromatic carboxylic acids is 1. The third-order valence-electron chi connectivity index (χ3n) is 2.30. The number of rotatable bonds is 5. The van der Waals surface area contributed by atoms with E-state index in [2.05, 4.69) is 0 Å². The normalized spacial score (nSPS) is 12.3. The van der Waals surface area contributed by atoms with Gasteiger partial charge in [-0.25, -0.2) is 13.2 Å². The first-order valence-electron chi connectivity index (χ1n) is 5.15. The lowest BCUT2D eigenvalue weighted by molar-refractivity contribution is 0.0698. The van der Waals surface area contributed by atoms with Crippen molar-refractivity contribution in [3.63, 3.8) is 0 Å². The van der Waals surface area contributed by atoms with Crippen LogP contribution in [-0.2, 0) is 10.0 Å². The number of hydrogen-bond acceptors (Lipinski definition) is 4. The molecule has 1 aromatic heterocycles. The summed E-state index contributed by atoms with van der Waals surface area (Å²) in [5.41, 5.74) is 0. The van der Waals surface area contributed by atoms with Gasteiger partial charge in [0, 0.05) is 12.6 Å². The third-order valence-corrected chi connectivity index (χ3v) is 5.52. The Morgan fingerprint density at radius 2 is 2.12 bits per heavy atom. The van der Waals surface area contributed by atoms with Crippen molar-refractivity contribution < 1.29 is 18.3 Å². The van der Waals surface area contributed by atoms with Gasteiger partial charge in [-0.2, -0.15) is 4.31 Å². The quantitative estimate of drug-likeness (QED) is 0.891. The minimum Gasteiger partial charge on any atom is -0.477 e. The molecule has 17 heavy (non-hydrogen) atoms. The highest BCUT2D eigenvalue weighted by atomic mass is 32.2. The molecular formula is C10H15NO4S2. The topological polar surface area (TPSA) is 74.7 Å². The van der Waals surface area contributed by atoms with Crippen molar-refractivity contribution in [1.29, 1.82) is 0 Å². The lowest BCUT2D eigenvalue weighted by atomic mass is 10.4. The van der Waals surface area contributed by atoms with Gasteiger partial charge in [-0.05, 0) is 25.3 Å². The molecule has 0 amide bonds. The average molecular weight is 277 g/mol. The Bertz CT molecular complexity index is 504. The molecule has 1 aromatic rings. The van der Waals surface area contributed by atoms with Crippen molar-refractivity contribution in [2.75, 3.05) is 6.54 Å². The first-order valence-corrected chi connectivity index (χ1v) is 7.47. The third kappa shape index (κ3) is 2.67. The molecule has 0 aliphatic rings. The van der Waals surface area contributed by atoms with Crippen LogP contribution in [0.2, 0.25) is 0 Å². The predicted octanol–water partition coefficient (Wildman–Crippen LogP) is 1.87. The molecule has 0 aliphatic heterocycles. The van der Waals surface area contributed by atoms with Crippen LogP contribution in [0.1, 0.15) is 30.4 Å². The fraction of sp³-hybridized carbons (Fsp3) is 0.500.